The molecular weight excluding hydrogens is 396 g/mol. The normalized spacial score (nSPS) is 33.4. The molecule has 0 saturated carbocycles. The Morgan fingerprint density at radius 2 is 0.969 bits per heavy atom. The molecule has 32 heavy (non-hydrogen) atoms. The largest absolute Gasteiger partial charge is 0.393 e. The number of rotatable bonds is 0. The van der Waals surface area contributed by atoms with Gasteiger partial charge in [0.25, 0.3) is 0 Å². The molecule has 3 heterocycles. The van der Waals surface area contributed by atoms with Gasteiger partial charge >= 0.3 is 0 Å². The first-order valence-corrected chi connectivity index (χ1v) is 13.9. The summed E-state index contributed by atoms with van der Waals surface area (Å²) in [6.07, 6.45) is 23.2. The van der Waals surface area contributed by atoms with Crippen LogP contribution in [0.5, 0.6) is 0 Å². The zero-order valence-electron chi connectivity index (χ0n) is 20.7. The lowest BCUT2D eigenvalue weighted by Gasteiger charge is -2.28. The Balaban J connectivity index is 1.43. The summed E-state index contributed by atoms with van der Waals surface area (Å²) in [5.41, 5.74) is 3.21. The van der Waals surface area contributed by atoms with Gasteiger partial charge in [0.15, 0.2) is 0 Å². The fourth-order valence-electron chi connectivity index (χ4n) is 5.63. The fourth-order valence-corrected chi connectivity index (χ4v) is 5.63. The molecule has 0 aliphatic carbocycles. The van der Waals surface area contributed by atoms with Crippen molar-refractivity contribution < 1.29 is 10.2 Å². The van der Waals surface area contributed by atoms with Gasteiger partial charge in [-0.05, 0) is 64.2 Å². The van der Waals surface area contributed by atoms with Gasteiger partial charge in [0.05, 0.1) is 12.2 Å². The molecule has 184 valence electrons. The first kappa shape index (κ1) is 25.9. The van der Waals surface area contributed by atoms with Crippen LogP contribution in [-0.4, -0.2) is 71.5 Å². The molecule has 0 spiro atoms. The molecule has 4 heteroatoms. The van der Waals surface area contributed by atoms with Crippen molar-refractivity contribution in [3.8, 4) is 0 Å². The molecule has 1 saturated heterocycles. The molecule has 0 aromatic heterocycles. The predicted molar refractivity (Wildman–Crippen MR) is 135 cm³/mol. The summed E-state index contributed by atoms with van der Waals surface area (Å²) >= 11 is 0. The van der Waals surface area contributed by atoms with Gasteiger partial charge in [-0.1, -0.05) is 61.8 Å². The van der Waals surface area contributed by atoms with Crippen LogP contribution in [0.3, 0.4) is 0 Å². The third-order valence-corrected chi connectivity index (χ3v) is 7.74. The molecule has 2 N–H and O–H groups in total. The molecule has 0 aromatic carbocycles. The van der Waals surface area contributed by atoms with E-state index in [9.17, 15) is 10.2 Å². The second-order valence-electron chi connectivity index (χ2n) is 10.6. The summed E-state index contributed by atoms with van der Waals surface area (Å²) in [6.45, 7) is 6.61. The molecule has 0 amide bonds. The number of aliphatic hydroxyl groups excluding tert-OH is 2. The SMILES string of the molecule is O[C@H]1CCCCCCC2=CCCN(CC[C@@H](O)CCCCCCC3=CCCN(CC1)C3)C2. The maximum absolute atomic E-state index is 10.4. The zero-order valence-corrected chi connectivity index (χ0v) is 20.7. The lowest BCUT2D eigenvalue weighted by molar-refractivity contribution is 0.130. The molecule has 1 fully saturated rings. The van der Waals surface area contributed by atoms with Crippen molar-refractivity contribution in [2.45, 2.75) is 115 Å². The van der Waals surface area contributed by atoms with Crippen molar-refractivity contribution in [3.63, 3.8) is 0 Å². The van der Waals surface area contributed by atoms with Crippen LogP contribution >= 0.6 is 0 Å². The Labute approximate surface area is 197 Å². The van der Waals surface area contributed by atoms with Crippen LogP contribution in [0.4, 0.5) is 0 Å². The molecule has 4 atom stereocenters. The van der Waals surface area contributed by atoms with Gasteiger partial charge in [0.1, 0.15) is 0 Å². The van der Waals surface area contributed by atoms with E-state index in [-0.39, 0.29) is 12.2 Å². The first-order valence-electron chi connectivity index (χ1n) is 13.9. The average molecular weight is 447 g/mol. The van der Waals surface area contributed by atoms with E-state index in [0.29, 0.717) is 0 Å². The van der Waals surface area contributed by atoms with E-state index in [2.05, 4.69) is 22.0 Å². The van der Waals surface area contributed by atoms with Gasteiger partial charge in [0, 0.05) is 39.3 Å². The van der Waals surface area contributed by atoms with Gasteiger partial charge in [-0.2, -0.15) is 0 Å². The minimum absolute atomic E-state index is 0.125. The Bertz CT molecular complexity index is 524. The van der Waals surface area contributed by atoms with Crippen molar-refractivity contribution in [1.29, 1.82) is 0 Å². The van der Waals surface area contributed by atoms with Crippen LogP contribution < -0.4 is 0 Å². The minimum Gasteiger partial charge on any atom is -0.393 e. The number of nitrogens with zero attached hydrogens (tertiary/aromatic N) is 2. The average Bonchev–Trinajstić information content (AvgIpc) is 2.81. The standard InChI is InChI=1S/C28H50N2O2/c31-27-15-7-3-1-5-11-25-13-9-19-29(23-25)22-18-28(32)16-8-4-2-6-12-26-14-10-20-30(24-26)21-17-27/h13-14,27-28,31-32H,1-12,15-24H2/t27-,28-/m0/s1. The summed E-state index contributed by atoms with van der Waals surface area (Å²) in [7, 11) is 0. The maximum Gasteiger partial charge on any atom is 0.0552 e. The van der Waals surface area contributed by atoms with Crippen molar-refractivity contribution in [2.24, 2.45) is 0 Å². The zero-order chi connectivity index (χ0) is 22.4. The number of hydrogen-bond donors (Lipinski definition) is 2. The minimum atomic E-state index is -0.125. The molecule has 4 bridgehead atoms. The smallest absolute Gasteiger partial charge is 0.0552 e. The Morgan fingerprint density at radius 1 is 0.531 bits per heavy atom. The van der Waals surface area contributed by atoms with Gasteiger partial charge in [-0.15, -0.1) is 0 Å². The summed E-state index contributed by atoms with van der Waals surface area (Å²) in [4.78, 5) is 5.10. The Morgan fingerprint density at radius 3 is 1.44 bits per heavy atom. The highest BCUT2D eigenvalue weighted by atomic mass is 16.3. The number of hydrogen-bond acceptors (Lipinski definition) is 4. The molecular formula is C28H50N2O2. The van der Waals surface area contributed by atoms with E-state index in [4.69, 9.17) is 0 Å². The second kappa shape index (κ2) is 15.3. The van der Waals surface area contributed by atoms with Crippen LogP contribution in [0.15, 0.2) is 23.3 Å². The first-order chi connectivity index (χ1) is 15.7. The summed E-state index contributed by atoms with van der Waals surface area (Å²) in [5.74, 6) is 0. The quantitative estimate of drug-likeness (QED) is 0.486. The predicted octanol–water partition coefficient (Wildman–Crippen LogP) is 5.45. The highest BCUT2D eigenvalue weighted by molar-refractivity contribution is 5.08. The molecule has 3 aliphatic heterocycles. The Kier molecular flexibility index (Phi) is 12.4. The number of fused-ring (bicyclic) bond motifs is 4. The molecule has 2 unspecified atom stereocenters. The van der Waals surface area contributed by atoms with E-state index in [1.54, 1.807) is 11.1 Å². The molecule has 4 nitrogen and oxygen atoms in total. The van der Waals surface area contributed by atoms with Crippen LogP contribution in [0, 0.1) is 0 Å². The van der Waals surface area contributed by atoms with Crippen LogP contribution in [0.25, 0.3) is 0 Å². The molecule has 3 aliphatic rings. The van der Waals surface area contributed by atoms with Gasteiger partial charge in [-0.25, -0.2) is 0 Å². The van der Waals surface area contributed by atoms with Crippen molar-refractivity contribution in [3.05, 3.63) is 23.3 Å². The van der Waals surface area contributed by atoms with E-state index in [1.807, 2.05) is 0 Å². The Hall–Kier alpha value is -0.680. The third-order valence-electron chi connectivity index (χ3n) is 7.74. The van der Waals surface area contributed by atoms with Crippen LogP contribution in [0.2, 0.25) is 0 Å². The maximum atomic E-state index is 10.4. The molecule has 3 rings (SSSR count). The van der Waals surface area contributed by atoms with Crippen LogP contribution in [0.1, 0.15) is 103 Å². The fraction of sp³-hybridized carbons (Fsp3) is 0.857. The lowest BCUT2D eigenvalue weighted by Crippen LogP contribution is -2.32. The van der Waals surface area contributed by atoms with Crippen molar-refractivity contribution in [2.75, 3.05) is 39.3 Å². The van der Waals surface area contributed by atoms with Crippen LogP contribution in [-0.2, 0) is 0 Å². The topological polar surface area (TPSA) is 46.9 Å². The van der Waals surface area contributed by atoms with Gasteiger partial charge < -0.3 is 10.2 Å². The number of aliphatic hydroxyl groups is 2. The monoisotopic (exact) mass is 446 g/mol. The van der Waals surface area contributed by atoms with E-state index < -0.39 is 0 Å². The summed E-state index contributed by atoms with van der Waals surface area (Å²) in [5, 5.41) is 20.9. The van der Waals surface area contributed by atoms with Gasteiger partial charge in [-0.3, -0.25) is 9.80 Å². The third kappa shape index (κ3) is 10.5. The van der Waals surface area contributed by atoms with Crippen molar-refractivity contribution in [1.82, 2.24) is 9.80 Å². The van der Waals surface area contributed by atoms with Crippen molar-refractivity contribution >= 4 is 0 Å². The summed E-state index contributed by atoms with van der Waals surface area (Å²) in [6, 6.07) is 0. The molecule has 0 radical (unpaired) electrons. The van der Waals surface area contributed by atoms with E-state index in [1.165, 1.54) is 64.2 Å². The van der Waals surface area contributed by atoms with E-state index >= 15 is 0 Å². The molecule has 0 aromatic rings. The summed E-state index contributed by atoms with van der Waals surface area (Å²) < 4.78 is 0. The highest BCUT2D eigenvalue weighted by Crippen LogP contribution is 2.21. The van der Waals surface area contributed by atoms with E-state index in [0.717, 1.165) is 77.8 Å². The second-order valence-corrected chi connectivity index (χ2v) is 10.6. The highest BCUT2D eigenvalue weighted by Gasteiger charge is 2.16. The van der Waals surface area contributed by atoms with Gasteiger partial charge in [0.2, 0.25) is 0 Å². The lowest BCUT2D eigenvalue weighted by atomic mass is 9.99.